The van der Waals surface area contributed by atoms with E-state index < -0.39 is 0 Å². The maximum Gasteiger partial charge on any atom is 0.250 e. The number of nitrogens with one attached hydrogen (secondary N) is 1. The van der Waals surface area contributed by atoms with E-state index in [2.05, 4.69) is 17.9 Å². The maximum absolute atomic E-state index is 11.4. The summed E-state index contributed by atoms with van der Waals surface area (Å²) >= 11 is 4.22. The van der Waals surface area contributed by atoms with Gasteiger partial charge in [-0.05, 0) is 12.1 Å². The van der Waals surface area contributed by atoms with E-state index in [4.69, 9.17) is 9.47 Å². The number of para-hydroxylation sites is 1. The van der Waals surface area contributed by atoms with Crippen LogP contribution in [0.15, 0.2) is 29.2 Å². The zero-order valence-corrected chi connectivity index (χ0v) is 10.00. The number of hydrogen-bond acceptors (Lipinski definition) is 4. The standard InChI is InChI=1S/C11H15NO3S/c1-14-6-7-15-8-11(13)12-9-4-2-3-5-10(9)16/h2-5,16H,6-8H2,1H3,(H,12,13). The molecule has 0 unspecified atom stereocenters. The fourth-order valence-electron chi connectivity index (χ4n) is 1.07. The van der Waals surface area contributed by atoms with Crippen LogP contribution in [0.2, 0.25) is 0 Å². The average Bonchev–Trinajstić information content (AvgIpc) is 2.28. The van der Waals surface area contributed by atoms with Crippen molar-refractivity contribution in [1.29, 1.82) is 0 Å². The minimum atomic E-state index is -0.197. The average molecular weight is 241 g/mol. The fraction of sp³-hybridized carbons (Fsp3) is 0.364. The molecule has 0 radical (unpaired) electrons. The quantitative estimate of drug-likeness (QED) is 0.587. The first-order chi connectivity index (χ1) is 7.74. The Morgan fingerprint density at radius 3 is 2.81 bits per heavy atom. The van der Waals surface area contributed by atoms with Crippen molar-refractivity contribution in [2.75, 3.05) is 32.2 Å². The zero-order chi connectivity index (χ0) is 11.8. The molecular weight excluding hydrogens is 226 g/mol. The summed E-state index contributed by atoms with van der Waals surface area (Å²) in [5.41, 5.74) is 0.686. The topological polar surface area (TPSA) is 47.6 Å². The van der Waals surface area contributed by atoms with Crippen LogP contribution in [-0.4, -0.2) is 32.8 Å². The molecule has 1 aromatic carbocycles. The smallest absolute Gasteiger partial charge is 0.250 e. The molecule has 0 fully saturated rings. The Labute approximate surface area is 100 Å². The van der Waals surface area contributed by atoms with Crippen molar-refractivity contribution >= 4 is 24.2 Å². The number of carbonyl (C=O) groups is 1. The SMILES string of the molecule is COCCOCC(=O)Nc1ccccc1S. The number of methoxy groups -OCH3 is 1. The van der Waals surface area contributed by atoms with Gasteiger partial charge in [0.2, 0.25) is 5.91 Å². The summed E-state index contributed by atoms with van der Waals surface area (Å²) in [5.74, 6) is -0.197. The summed E-state index contributed by atoms with van der Waals surface area (Å²) in [6, 6.07) is 7.29. The molecule has 0 heterocycles. The van der Waals surface area contributed by atoms with Crippen molar-refractivity contribution in [2.24, 2.45) is 0 Å². The van der Waals surface area contributed by atoms with Gasteiger partial charge >= 0.3 is 0 Å². The van der Waals surface area contributed by atoms with Crippen LogP contribution in [0.3, 0.4) is 0 Å². The third kappa shape index (κ3) is 4.65. The molecule has 88 valence electrons. The van der Waals surface area contributed by atoms with Crippen LogP contribution in [0.1, 0.15) is 0 Å². The molecule has 0 aliphatic carbocycles. The second-order valence-corrected chi connectivity index (χ2v) is 3.59. The van der Waals surface area contributed by atoms with Crippen molar-refractivity contribution in [3.05, 3.63) is 24.3 Å². The van der Waals surface area contributed by atoms with E-state index in [0.29, 0.717) is 18.9 Å². The van der Waals surface area contributed by atoms with Gasteiger partial charge in [-0.25, -0.2) is 0 Å². The number of amides is 1. The van der Waals surface area contributed by atoms with Gasteiger partial charge in [0.25, 0.3) is 0 Å². The summed E-state index contributed by atoms with van der Waals surface area (Å²) in [6.07, 6.45) is 0. The first-order valence-corrected chi connectivity index (χ1v) is 5.33. The van der Waals surface area contributed by atoms with Crippen LogP contribution in [0.25, 0.3) is 0 Å². The van der Waals surface area contributed by atoms with E-state index in [1.165, 1.54) is 0 Å². The molecule has 0 atom stereocenters. The fourth-order valence-corrected chi connectivity index (χ4v) is 1.29. The zero-order valence-electron chi connectivity index (χ0n) is 9.10. The predicted octanol–water partition coefficient (Wildman–Crippen LogP) is 1.58. The van der Waals surface area contributed by atoms with Crippen LogP contribution in [0, 0.1) is 0 Å². The molecule has 0 saturated carbocycles. The van der Waals surface area contributed by atoms with Crippen LogP contribution in [-0.2, 0) is 14.3 Å². The number of anilines is 1. The summed E-state index contributed by atoms with van der Waals surface area (Å²) in [5, 5.41) is 2.71. The third-order valence-electron chi connectivity index (χ3n) is 1.84. The van der Waals surface area contributed by atoms with E-state index in [0.717, 1.165) is 4.90 Å². The van der Waals surface area contributed by atoms with Crippen LogP contribution in [0.4, 0.5) is 5.69 Å². The first-order valence-electron chi connectivity index (χ1n) is 4.88. The van der Waals surface area contributed by atoms with Gasteiger partial charge in [0, 0.05) is 12.0 Å². The number of benzene rings is 1. The molecule has 16 heavy (non-hydrogen) atoms. The predicted molar refractivity (Wildman–Crippen MR) is 65.0 cm³/mol. The van der Waals surface area contributed by atoms with E-state index in [9.17, 15) is 4.79 Å². The van der Waals surface area contributed by atoms with E-state index >= 15 is 0 Å². The second-order valence-electron chi connectivity index (χ2n) is 3.11. The van der Waals surface area contributed by atoms with Gasteiger partial charge in [-0.1, -0.05) is 12.1 Å². The number of carbonyl (C=O) groups excluding carboxylic acids is 1. The molecule has 0 aliphatic heterocycles. The molecule has 1 rings (SSSR count). The molecule has 0 aromatic heterocycles. The van der Waals surface area contributed by atoms with Crippen LogP contribution >= 0.6 is 12.6 Å². The van der Waals surface area contributed by atoms with Crippen molar-refractivity contribution < 1.29 is 14.3 Å². The minimum absolute atomic E-state index is 0.0193. The molecular formula is C11H15NO3S. The maximum atomic E-state index is 11.4. The van der Waals surface area contributed by atoms with E-state index in [-0.39, 0.29) is 12.5 Å². The summed E-state index contributed by atoms with van der Waals surface area (Å²) in [7, 11) is 1.58. The summed E-state index contributed by atoms with van der Waals surface area (Å²) in [4.78, 5) is 12.1. The van der Waals surface area contributed by atoms with E-state index in [1.54, 1.807) is 13.2 Å². The third-order valence-corrected chi connectivity index (χ3v) is 2.23. The van der Waals surface area contributed by atoms with Crippen LogP contribution in [0.5, 0.6) is 0 Å². The molecule has 0 aliphatic rings. The highest BCUT2D eigenvalue weighted by Gasteiger charge is 2.04. The Morgan fingerprint density at radius 1 is 1.38 bits per heavy atom. The van der Waals surface area contributed by atoms with Gasteiger partial charge < -0.3 is 14.8 Å². The normalized spacial score (nSPS) is 10.1. The Hall–Kier alpha value is -1.04. The lowest BCUT2D eigenvalue weighted by Crippen LogP contribution is -2.19. The molecule has 1 aromatic rings. The van der Waals surface area contributed by atoms with Gasteiger partial charge in [-0.15, -0.1) is 12.6 Å². The largest absolute Gasteiger partial charge is 0.382 e. The van der Waals surface area contributed by atoms with Gasteiger partial charge in [0.05, 0.1) is 18.9 Å². The Kier molecular flexibility index (Phi) is 5.92. The Balaban J connectivity index is 2.32. The Morgan fingerprint density at radius 2 is 2.12 bits per heavy atom. The van der Waals surface area contributed by atoms with Crippen molar-refractivity contribution in [3.8, 4) is 0 Å². The molecule has 1 N–H and O–H groups in total. The molecule has 0 spiro atoms. The highest BCUT2D eigenvalue weighted by atomic mass is 32.1. The number of ether oxygens (including phenoxy) is 2. The number of rotatable bonds is 6. The van der Waals surface area contributed by atoms with Gasteiger partial charge in [0.1, 0.15) is 6.61 Å². The first kappa shape index (κ1) is 13.0. The summed E-state index contributed by atoms with van der Waals surface area (Å²) < 4.78 is 9.88. The highest BCUT2D eigenvalue weighted by molar-refractivity contribution is 7.80. The van der Waals surface area contributed by atoms with E-state index in [1.807, 2.05) is 18.2 Å². The molecule has 5 heteroatoms. The van der Waals surface area contributed by atoms with Gasteiger partial charge in [0.15, 0.2) is 0 Å². The minimum Gasteiger partial charge on any atom is -0.382 e. The highest BCUT2D eigenvalue weighted by Crippen LogP contribution is 2.18. The van der Waals surface area contributed by atoms with Gasteiger partial charge in [-0.2, -0.15) is 0 Å². The summed E-state index contributed by atoms with van der Waals surface area (Å²) in [6.45, 7) is 0.911. The molecule has 0 saturated heterocycles. The molecule has 0 bridgehead atoms. The van der Waals surface area contributed by atoms with Gasteiger partial charge in [-0.3, -0.25) is 4.79 Å². The molecule has 1 amide bonds. The lowest BCUT2D eigenvalue weighted by atomic mass is 10.3. The number of hydrogen-bond donors (Lipinski definition) is 2. The second kappa shape index (κ2) is 7.27. The van der Waals surface area contributed by atoms with Crippen molar-refractivity contribution in [1.82, 2.24) is 0 Å². The monoisotopic (exact) mass is 241 g/mol. The van der Waals surface area contributed by atoms with Crippen LogP contribution < -0.4 is 5.32 Å². The lowest BCUT2D eigenvalue weighted by molar-refractivity contribution is -0.121. The number of thiol groups is 1. The van der Waals surface area contributed by atoms with Crippen molar-refractivity contribution in [2.45, 2.75) is 4.90 Å². The molecule has 4 nitrogen and oxygen atoms in total. The lowest BCUT2D eigenvalue weighted by Gasteiger charge is -2.07. The Bertz CT molecular complexity index is 344. The van der Waals surface area contributed by atoms with Crippen molar-refractivity contribution in [3.63, 3.8) is 0 Å².